The van der Waals surface area contributed by atoms with Crippen molar-refractivity contribution in [2.75, 3.05) is 13.1 Å². The van der Waals surface area contributed by atoms with Crippen molar-refractivity contribution in [3.05, 3.63) is 0 Å². The molecule has 0 bridgehead atoms. The normalized spacial score (nSPS) is 23.1. The number of carboxylic acid groups (broad SMARTS) is 1. The van der Waals surface area contributed by atoms with Gasteiger partial charge >= 0.3 is 5.97 Å². The third kappa shape index (κ3) is 6.90. The Kier molecular flexibility index (Phi) is 9.57. The predicted octanol–water partition coefficient (Wildman–Crippen LogP) is -2.09. The maximum atomic E-state index is 13.4. The van der Waals surface area contributed by atoms with Crippen LogP contribution in [0.5, 0.6) is 0 Å². The molecule has 0 spiro atoms. The summed E-state index contributed by atoms with van der Waals surface area (Å²) < 4.78 is 0. The first-order valence-electron chi connectivity index (χ1n) is 11.9. The second-order valence-corrected chi connectivity index (χ2v) is 9.20. The number of likely N-dealkylation sites (tertiary alicyclic amines) is 2. The molecule has 5 amide bonds. The summed E-state index contributed by atoms with van der Waals surface area (Å²) in [5.74, 6) is -3.59. The van der Waals surface area contributed by atoms with Crippen molar-refractivity contribution in [3.63, 3.8) is 0 Å². The highest BCUT2D eigenvalue weighted by molar-refractivity contribution is 5.96. The lowest BCUT2D eigenvalue weighted by atomic mass is 10.1. The second kappa shape index (κ2) is 12.0. The lowest BCUT2D eigenvalue weighted by Crippen LogP contribution is -2.57. The molecule has 35 heavy (non-hydrogen) atoms. The van der Waals surface area contributed by atoms with Crippen molar-refractivity contribution < 1.29 is 33.9 Å². The van der Waals surface area contributed by atoms with Crippen LogP contribution in [-0.2, 0) is 28.8 Å². The summed E-state index contributed by atoms with van der Waals surface area (Å²) >= 11 is 0. The molecule has 13 nitrogen and oxygen atoms in total. The largest absolute Gasteiger partial charge is 0.480 e. The van der Waals surface area contributed by atoms with Crippen LogP contribution in [-0.4, -0.2) is 99.8 Å². The van der Waals surface area contributed by atoms with Gasteiger partial charge in [0.05, 0.1) is 6.04 Å². The molecule has 2 aliphatic rings. The molecule has 0 radical (unpaired) electrons. The molecule has 13 heteroatoms. The number of carbonyl (C=O) groups is 6. The number of carbonyl (C=O) groups excluding carboxylic acids is 5. The molecule has 0 aromatic carbocycles. The minimum atomic E-state index is -1.20. The summed E-state index contributed by atoms with van der Waals surface area (Å²) in [5.41, 5.74) is 5.54. The molecule has 2 heterocycles. The number of amides is 5. The average Bonchev–Trinajstić information content (AvgIpc) is 3.47. The molecular formula is C22H36N6O7. The van der Waals surface area contributed by atoms with Crippen LogP contribution in [0.15, 0.2) is 0 Å². The molecule has 0 saturated carbocycles. The van der Waals surface area contributed by atoms with Crippen molar-refractivity contribution in [1.29, 1.82) is 0 Å². The molecule has 0 unspecified atom stereocenters. The van der Waals surface area contributed by atoms with E-state index >= 15 is 0 Å². The summed E-state index contributed by atoms with van der Waals surface area (Å²) in [6, 6.07) is -5.29. The van der Waals surface area contributed by atoms with Crippen molar-refractivity contribution in [3.8, 4) is 0 Å². The number of nitrogens with zero attached hydrogens (tertiary/aromatic N) is 2. The van der Waals surface area contributed by atoms with Gasteiger partial charge in [-0.25, -0.2) is 0 Å². The van der Waals surface area contributed by atoms with E-state index in [0.29, 0.717) is 38.8 Å². The average molecular weight is 497 g/mol. The van der Waals surface area contributed by atoms with Crippen LogP contribution in [0.3, 0.4) is 0 Å². The van der Waals surface area contributed by atoms with E-state index < -0.39 is 65.8 Å². The Morgan fingerprint density at radius 3 is 1.89 bits per heavy atom. The highest BCUT2D eigenvalue weighted by Gasteiger charge is 2.43. The van der Waals surface area contributed by atoms with Gasteiger partial charge in [-0.1, -0.05) is 0 Å². The number of nitrogens with two attached hydrogens (primary N) is 1. The van der Waals surface area contributed by atoms with E-state index in [9.17, 15) is 28.8 Å². The first-order valence-corrected chi connectivity index (χ1v) is 11.9. The highest BCUT2D eigenvalue weighted by atomic mass is 16.4. The zero-order valence-corrected chi connectivity index (χ0v) is 20.6. The zero-order chi connectivity index (χ0) is 26.4. The Bertz CT molecular complexity index is 863. The number of nitrogens with one attached hydrogen (secondary N) is 3. The molecule has 2 aliphatic heterocycles. The van der Waals surface area contributed by atoms with E-state index in [1.54, 1.807) is 0 Å². The molecule has 6 N–H and O–H groups in total. The topological polar surface area (TPSA) is 191 Å². The molecule has 0 aromatic heterocycles. The molecule has 196 valence electrons. The predicted molar refractivity (Wildman–Crippen MR) is 124 cm³/mol. The first kappa shape index (κ1) is 28.0. The van der Waals surface area contributed by atoms with E-state index in [4.69, 9.17) is 10.8 Å². The minimum Gasteiger partial charge on any atom is -0.480 e. The maximum absolute atomic E-state index is 13.4. The Labute approximate surface area is 204 Å². The second-order valence-electron chi connectivity index (χ2n) is 9.20. The van der Waals surface area contributed by atoms with Gasteiger partial charge in [0.1, 0.15) is 30.2 Å². The lowest BCUT2D eigenvalue weighted by Gasteiger charge is -2.32. The summed E-state index contributed by atoms with van der Waals surface area (Å²) in [6.07, 6.45) is 2.04. The van der Waals surface area contributed by atoms with Gasteiger partial charge in [-0.3, -0.25) is 28.8 Å². The smallest absolute Gasteiger partial charge is 0.325 e. The minimum absolute atomic E-state index is 0.336. The molecule has 2 fully saturated rings. The van der Waals surface area contributed by atoms with Gasteiger partial charge in [-0.2, -0.15) is 0 Å². The monoisotopic (exact) mass is 496 g/mol. The number of carboxylic acids is 1. The SMILES string of the molecule is C[C@H](N)C(=O)N[C@@H](C)C(=O)N1CCC[C@H]1C(=O)N1CCC[C@H]1C(=O)N[C@@H](C)C(=O)N[C@@H](C)C(=O)O. The fourth-order valence-electron chi connectivity index (χ4n) is 4.21. The van der Waals surface area contributed by atoms with Crippen molar-refractivity contribution in [2.24, 2.45) is 5.73 Å². The van der Waals surface area contributed by atoms with Crippen molar-refractivity contribution in [2.45, 2.75) is 89.6 Å². The van der Waals surface area contributed by atoms with Crippen molar-refractivity contribution in [1.82, 2.24) is 25.8 Å². The molecule has 2 rings (SSSR count). The van der Waals surface area contributed by atoms with Crippen molar-refractivity contribution >= 4 is 35.5 Å². The van der Waals surface area contributed by atoms with Gasteiger partial charge in [0.2, 0.25) is 29.5 Å². The van der Waals surface area contributed by atoms with Gasteiger partial charge < -0.3 is 36.6 Å². The first-order chi connectivity index (χ1) is 16.3. The van der Waals surface area contributed by atoms with Gasteiger partial charge in [-0.05, 0) is 53.4 Å². The van der Waals surface area contributed by atoms with Crippen LogP contribution in [0, 0.1) is 0 Å². The van der Waals surface area contributed by atoms with Crippen LogP contribution in [0.1, 0.15) is 53.4 Å². The van der Waals surface area contributed by atoms with E-state index in [1.807, 2.05) is 0 Å². The van der Waals surface area contributed by atoms with E-state index in [0.717, 1.165) is 0 Å². The quantitative estimate of drug-likeness (QED) is 0.240. The van der Waals surface area contributed by atoms with E-state index in [1.165, 1.54) is 37.5 Å². The highest BCUT2D eigenvalue weighted by Crippen LogP contribution is 2.25. The molecule has 0 aliphatic carbocycles. The number of hydrogen-bond donors (Lipinski definition) is 5. The fourth-order valence-corrected chi connectivity index (χ4v) is 4.21. The Morgan fingerprint density at radius 2 is 1.31 bits per heavy atom. The van der Waals surface area contributed by atoms with Gasteiger partial charge in [0.25, 0.3) is 0 Å². The van der Waals surface area contributed by atoms with Crippen LogP contribution < -0.4 is 21.7 Å². The number of hydrogen-bond acceptors (Lipinski definition) is 7. The molecule has 6 atom stereocenters. The van der Waals surface area contributed by atoms with Gasteiger partial charge in [-0.15, -0.1) is 0 Å². The maximum Gasteiger partial charge on any atom is 0.325 e. The van der Waals surface area contributed by atoms with Crippen LogP contribution in [0.25, 0.3) is 0 Å². The Hall–Kier alpha value is -3.22. The summed E-state index contributed by atoms with van der Waals surface area (Å²) in [7, 11) is 0. The van der Waals surface area contributed by atoms with Crippen LogP contribution >= 0.6 is 0 Å². The Balaban J connectivity index is 2.03. The molecular weight excluding hydrogens is 460 g/mol. The third-order valence-electron chi connectivity index (χ3n) is 6.28. The van der Waals surface area contributed by atoms with E-state index in [-0.39, 0.29) is 5.91 Å². The number of rotatable bonds is 9. The van der Waals surface area contributed by atoms with E-state index in [2.05, 4.69) is 16.0 Å². The third-order valence-corrected chi connectivity index (χ3v) is 6.28. The van der Waals surface area contributed by atoms with Crippen LogP contribution in [0.4, 0.5) is 0 Å². The lowest BCUT2D eigenvalue weighted by molar-refractivity contribution is -0.148. The molecule has 2 saturated heterocycles. The number of aliphatic carboxylic acids is 1. The fraction of sp³-hybridized carbons (Fsp3) is 0.727. The summed E-state index contributed by atoms with van der Waals surface area (Å²) in [5, 5.41) is 16.3. The summed E-state index contributed by atoms with van der Waals surface area (Å²) in [6.45, 7) is 6.47. The standard InChI is InChI=1S/C22H36N6O7/c1-11(23)17(29)25-13(3)20(32)28-10-6-8-16(28)21(33)27-9-5-7-15(27)19(31)24-12(2)18(30)26-14(4)22(34)35/h11-16H,5-10,23H2,1-4H3,(H,24,31)(H,25,29)(H,26,30)(H,34,35)/t11-,12-,13-,14-,15-,16-/m0/s1. The Morgan fingerprint density at radius 1 is 0.771 bits per heavy atom. The van der Waals surface area contributed by atoms with Crippen LogP contribution in [0.2, 0.25) is 0 Å². The zero-order valence-electron chi connectivity index (χ0n) is 20.6. The summed E-state index contributed by atoms with van der Waals surface area (Å²) in [4.78, 5) is 77.0. The molecule has 0 aromatic rings. The van der Waals surface area contributed by atoms with Gasteiger partial charge in [0.15, 0.2) is 0 Å². The van der Waals surface area contributed by atoms with Gasteiger partial charge in [0, 0.05) is 13.1 Å².